The van der Waals surface area contributed by atoms with Gasteiger partial charge >= 0.3 is 5.63 Å². The highest BCUT2D eigenvalue weighted by Gasteiger charge is 2.33. The summed E-state index contributed by atoms with van der Waals surface area (Å²) in [6, 6.07) is 5.69. The minimum Gasteiger partial charge on any atom is -0.423 e. The van der Waals surface area contributed by atoms with Crippen LogP contribution in [-0.4, -0.2) is 33.0 Å². The topological polar surface area (TPSA) is 68.8 Å². The van der Waals surface area contributed by atoms with Crippen LogP contribution in [0, 0.1) is 6.92 Å². The van der Waals surface area contributed by atoms with Crippen molar-refractivity contribution in [2.75, 3.05) is 18.6 Å². The molecule has 2 aromatic rings. The molecule has 0 spiro atoms. The number of quaternary nitrogens is 1. The standard InChI is InChI=1S/C19H25NO4S/c1-12(2)16-9-17-14(8-19(21)24-18(17)7-13(16)3)10-20(4)15-5-6-25(22,23)11-15/h7-9,12,15H,5-6,10-11H2,1-4H3/p+1/t15-/m0/s1. The summed E-state index contributed by atoms with van der Waals surface area (Å²) in [5.41, 5.74) is 3.53. The lowest BCUT2D eigenvalue weighted by Crippen LogP contribution is -3.12. The fourth-order valence-electron chi connectivity index (χ4n) is 3.79. The third-order valence-corrected chi connectivity index (χ3v) is 7.01. The van der Waals surface area contributed by atoms with Gasteiger partial charge in [0.25, 0.3) is 0 Å². The van der Waals surface area contributed by atoms with Crippen LogP contribution >= 0.6 is 0 Å². The van der Waals surface area contributed by atoms with Crippen LogP contribution in [0.15, 0.2) is 27.4 Å². The summed E-state index contributed by atoms with van der Waals surface area (Å²) < 4.78 is 28.9. The molecule has 0 bridgehead atoms. The zero-order valence-corrected chi connectivity index (χ0v) is 16.1. The maximum atomic E-state index is 12.0. The molecule has 25 heavy (non-hydrogen) atoms. The first kappa shape index (κ1) is 18.1. The molecular formula is C19H26NO4S+. The van der Waals surface area contributed by atoms with Gasteiger partial charge in [0.05, 0.1) is 12.8 Å². The van der Waals surface area contributed by atoms with Crippen molar-refractivity contribution >= 4 is 20.8 Å². The molecule has 1 aromatic heterocycles. The molecule has 2 heterocycles. The van der Waals surface area contributed by atoms with E-state index in [0.717, 1.165) is 21.4 Å². The Balaban J connectivity index is 2.00. The molecule has 1 fully saturated rings. The van der Waals surface area contributed by atoms with E-state index >= 15 is 0 Å². The quantitative estimate of drug-likeness (QED) is 0.834. The van der Waals surface area contributed by atoms with E-state index in [1.165, 1.54) is 5.56 Å². The van der Waals surface area contributed by atoms with Crippen LogP contribution in [-0.2, 0) is 16.4 Å². The van der Waals surface area contributed by atoms with Crippen molar-refractivity contribution in [1.29, 1.82) is 0 Å². The predicted octanol–water partition coefficient (Wildman–Crippen LogP) is 1.43. The molecule has 0 radical (unpaired) electrons. The Bertz CT molecular complexity index is 959. The molecule has 1 aliphatic heterocycles. The van der Waals surface area contributed by atoms with Gasteiger partial charge in [-0.15, -0.1) is 0 Å². The highest BCUT2D eigenvalue weighted by molar-refractivity contribution is 7.91. The van der Waals surface area contributed by atoms with Crippen molar-refractivity contribution in [1.82, 2.24) is 0 Å². The predicted molar refractivity (Wildman–Crippen MR) is 99.0 cm³/mol. The van der Waals surface area contributed by atoms with Gasteiger partial charge < -0.3 is 9.32 Å². The zero-order chi connectivity index (χ0) is 18.4. The van der Waals surface area contributed by atoms with Crippen LogP contribution in [0.5, 0.6) is 0 Å². The first-order chi connectivity index (χ1) is 11.7. The Morgan fingerprint density at radius 2 is 2.00 bits per heavy atom. The Morgan fingerprint density at radius 1 is 1.28 bits per heavy atom. The minimum absolute atomic E-state index is 0.0855. The van der Waals surface area contributed by atoms with Crippen molar-refractivity contribution in [3.63, 3.8) is 0 Å². The Hall–Kier alpha value is -1.66. The Morgan fingerprint density at radius 3 is 2.60 bits per heavy atom. The second-order valence-corrected chi connectivity index (χ2v) is 9.80. The summed E-state index contributed by atoms with van der Waals surface area (Å²) in [6.07, 6.45) is 0.684. The SMILES string of the molecule is Cc1cc2oc(=O)cc(C[NH+](C)[C@H]3CCS(=O)(=O)C3)c2cc1C(C)C. The van der Waals surface area contributed by atoms with Crippen molar-refractivity contribution in [2.45, 2.75) is 45.7 Å². The number of fused-ring (bicyclic) bond motifs is 1. The minimum atomic E-state index is -2.91. The van der Waals surface area contributed by atoms with E-state index in [9.17, 15) is 13.2 Å². The summed E-state index contributed by atoms with van der Waals surface area (Å²) in [4.78, 5) is 13.1. The Labute approximate surface area is 148 Å². The number of rotatable bonds is 4. The molecule has 0 amide bonds. The summed E-state index contributed by atoms with van der Waals surface area (Å²) in [5.74, 6) is 0.881. The van der Waals surface area contributed by atoms with Gasteiger partial charge in [-0.1, -0.05) is 13.8 Å². The fourth-order valence-corrected chi connectivity index (χ4v) is 5.66. The smallest absolute Gasteiger partial charge is 0.336 e. The van der Waals surface area contributed by atoms with Gasteiger partial charge in [-0.2, -0.15) is 0 Å². The summed E-state index contributed by atoms with van der Waals surface area (Å²) in [7, 11) is -0.905. The van der Waals surface area contributed by atoms with E-state index in [1.807, 2.05) is 20.0 Å². The van der Waals surface area contributed by atoms with Crippen LogP contribution in [0.2, 0.25) is 0 Å². The van der Waals surface area contributed by atoms with Gasteiger partial charge in [0.15, 0.2) is 9.84 Å². The van der Waals surface area contributed by atoms with Crippen molar-refractivity contribution in [2.24, 2.45) is 0 Å². The molecule has 1 aromatic carbocycles. The lowest BCUT2D eigenvalue weighted by molar-refractivity contribution is -0.916. The highest BCUT2D eigenvalue weighted by Crippen LogP contribution is 2.26. The van der Waals surface area contributed by atoms with E-state index in [4.69, 9.17) is 4.42 Å². The summed E-state index contributed by atoms with van der Waals surface area (Å²) in [6.45, 7) is 6.94. The summed E-state index contributed by atoms with van der Waals surface area (Å²) >= 11 is 0. The second kappa shape index (κ2) is 6.57. The molecule has 1 saturated heterocycles. The molecule has 6 heteroatoms. The normalized spacial score (nSPS) is 21.1. The number of hydrogen-bond acceptors (Lipinski definition) is 4. The van der Waals surface area contributed by atoms with Gasteiger partial charge in [-0.3, -0.25) is 0 Å². The van der Waals surface area contributed by atoms with E-state index in [2.05, 4.69) is 19.9 Å². The zero-order valence-electron chi connectivity index (χ0n) is 15.3. The third-order valence-electron chi connectivity index (χ3n) is 5.24. The van der Waals surface area contributed by atoms with Gasteiger partial charge in [0.2, 0.25) is 0 Å². The van der Waals surface area contributed by atoms with E-state index in [1.54, 1.807) is 6.07 Å². The van der Waals surface area contributed by atoms with Gasteiger partial charge in [-0.25, -0.2) is 13.2 Å². The maximum Gasteiger partial charge on any atom is 0.336 e. The van der Waals surface area contributed by atoms with Gasteiger partial charge in [0, 0.05) is 23.4 Å². The van der Waals surface area contributed by atoms with Crippen LogP contribution < -0.4 is 10.5 Å². The van der Waals surface area contributed by atoms with Crippen molar-refractivity contribution in [3.8, 4) is 0 Å². The van der Waals surface area contributed by atoms with E-state index in [0.29, 0.717) is 24.5 Å². The lowest BCUT2D eigenvalue weighted by atomic mass is 9.94. The summed E-state index contributed by atoms with van der Waals surface area (Å²) in [5, 5.41) is 0.953. The molecule has 2 atom stereocenters. The van der Waals surface area contributed by atoms with E-state index < -0.39 is 9.84 Å². The third kappa shape index (κ3) is 3.80. The van der Waals surface area contributed by atoms with E-state index in [-0.39, 0.29) is 23.2 Å². The van der Waals surface area contributed by atoms with Crippen LogP contribution in [0.4, 0.5) is 0 Å². The van der Waals surface area contributed by atoms with Crippen LogP contribution in [0.1, 0.15) is 42.9 Å². The molecule has 1 aliphatic rings. The maximum absolute atomic E-state index is 12.0. The number of sulfone groups is 1. The number of nitrogens with one attached hydrogen (secondary N) is 1. The monoisotopic (exact) mass is 364 g/mol. The van der Waals surface area contributed by atoms with Crippen molar-refractivity contribution < 1.29 is 17.7 Å². The van der Waals surface area contributed by atoms with Crippen LogP contribution in [0.3, 0.4) is 0 Å². The number of benzene rings is 1. The molecule has 1 N–H and O–H groups in total. The van der Waals surface area contributed by atoms with Gasteiger partial charge in [0.1, 0.15) is 23.9 Å². The van der Waals surface area contributed by atoms with Gasteiger partial charge in [-0.05, 0) is 36.1 Å². The average molecular weight is 364 g/mol. The first-order valence-corrected chi connectivity index (χ1v) is 10.6. The molecule has 136 valence electrons. The van der Waals surface area contributed by atoms with Crippen molar-refractivity contribution in [3.05, 3.63) is 45.3 Å². The number of hydrogen-bond donors (Lipinski definition) is 1. The molecular weight excluding hydrogens is 338 g/mol. The second-order valence-electron chi connectivity index (χ2n) is 7.57. The highest BCUT2D eigenvalue weighted by atomic mass is 32.2. The molecule has 3 rings (SSSR count). The molecule has 0 saturated carbocycles. The molecule has 1 unspecified atom stereocenters. The molecule has 0 aliphatic carbocycles. The lowest BCUT2D eigenvalue weighted by Gasteiger charge is -2.21. The molecule has 5 nitrogen and oxygen atoms in total. The number of aryl methyl sites for hydroxylation is 1. The first-order valence-electron chi connectivity index (χ1n) is 8.76. The largest absolute Gasteiger partial charge is 0.423 e. The Kier molecular flexibility index (Phi) is 4.77. The van der Waals surface area contributed by atoms with Crippen LogP contribution in [0.25, 0.3) is 11.0 Å². The fraction of sp³-hybridized carbons (Fsp3) is 0.526. The average Bonchev–Trinajstić information content (AvgIpc) is 2.86.